The van der Waals surface area contributed by atoms with Gasteiger partial charge in [0.15, 0.2) is 5.75 Å². The highest BCUT2D eigenvalue weighted by Gasteiger charge is 2.34. The summed E-state index contributed by atoms with van der Waals surface area (Å²) in [6, 6.07) is 45.3. The number of nitrogens with one attached hydrogen (secondary N) is 1. The maximum absolute atomic E-state index is 6.76. The maximum atomic E-state index is 6.76. The van der Waals surface area contributed by atoms with Crippen molar-refractivity contribution < 1.29 is 4.74 Å². The van der Waals surface area contributed by atoms with Crippen LogP contribution in [0.25, 0.3) is 50.0 Å². The van der Waals surface area contributed by atoms with Gasteiger partial charge in [0, 0.05) is 45.5 Å². The molecule has 3 aliphatic carbocycles. The summed E-state index contributed by atoms with van der Waals surface area (Å²) < 4.78 is 6.76. The summed E-state index contributed by atoms with van der Waals surface area (Å²) in [6.45, 7) is 2.34. The maximum Gasteiger partial charge on any atom is 0.154 e. The predicted octanol–water partition coefficient (Wildman–Crippen LogP) is 13.3. The molecule has 4 heteroatoms. The van der Waals surface area contributed by atoms with Crippen LogP contribution in [-0.2, 0) is 0 Å². The second kappa shape index (κ2) is 15.0. The molecule has 1 aromatic heterocycles. The second-order valence-electron chi connectivity index (χ2n) is 16.7. The van der Waals surface area contributed by atoms with E-state index >= 15 is 0 Å². The average molecular weight is 776 g/mol. The summed E-state index contributed by atoms with van der Waals surface area (Å²) in [7, 11) is 0. The van der Waals surface area contributed by atoms with Crippen molar-refractivity contribution in [3.63, 3.8) is 0 Å². The van der Waals surface area contributed by atoms with Gasteiger partial charge < -0.3 is 10.1 Å². The number of hydrogen-bond acceptors (Lipinski definition) is 4. The molecular weight excluding hydrogens is 731 g/mol. The Kier molecular flexibility index (Phi) is 9.00. The van der Waals surface area contributed by atoms with Crippen LogP contribution < -0.4 is 10.1 Å². The van der Waals surface area contributed by atoms with Crippen LogP contribution in [-0.4, -0.2) is 16.8 Å². The Morgan fingerprint density at radius 2 is 1.42 bits per heavy atom. The molecule has 5 aliphatic rings. The van der Waals surface area contributed by atoms with Crippen LogP contribution in [0.1, 0.15) is 49.0 Å². The Balaban J connectivity index is 0.958. The van der Waals surface area contributed by atoms with Gasteiger partial charge in [-0.25, -0.2) is 4.98 Å². The van der Waals surface area contributed by atoms with E-state index in [1.54, 1.807) is 0 Å². The number of nitrogens with zero attached hydrogens (tertiary/aromatic N) is 2. The molecule has 0 spiro atoms. The minimum absolute atomic E-state index is 0.00541. The van der Waals surface area contributed by atoms with Crippen molar-refractivity contribution in [3.05, 3.63) is 222 Å². The van der Waals surface area contributed by atoms with E-state index in [2.05, 4.69) is 206 Å². The predicted molar refractivity (Wildman–Crippen MR) is 247 cm³/mol. The van der Waals surface area contributed by atoms with Crippen molar-refractivity contribution in [1.29, 1.82) is 0 Å². The first-order valence-corrected chi connectivity index (χ1v) is 21.2. The largest absolute Gasteiger partial charge is 0.482 e. The third kappa shape index (κ3) is 6.59. The van der Waals surface area contributed by atoms with E-state index in [0.29, 0.717) is 0 Å². The summed E-state index contributed by atoms with van der Waals surface area (Å²) in [5.74, 6) is 1.08. The molecule has 60 heavy (non-hydrogen) atoms. The molecule has 0 saturated carbocycles. The topological polar surface area (TPSA) is 46.5 Å². The quantitative estimate of drug-likeness (QED) is 0.176. The van der Waals surface area contributed by atoms with Crippen molar-refractivity contribution in [2.75, 3.05) is 0 Å². The first kappa shape index (κ1) is 36.1. The summed E-state index contributed by atoms with van der Waals surface area (Å²) in [4.78, 5) is 10.7. The molecule has 4 unspecified atom stereocenters. The van der Waals surface area contributed by atoms with Gasteiger partial charge in [-0.2, -0.15) is 0 Å². The van der Waals surface area contributed by atoms with Gasteiger partial charge in [0.2, 0.25) is 0 Å². The van der Waals surface area contributed by atoms with E-state index in [1.165, 1.54) is 33.5 Å². The Morgan fingerprint density at radius 3 is 2.15 bits per heavy atom. The molecule has 0 bridgehead atoms. The number of ether oxygens (including phenoxy) is 1. The molecule has 0 radical (unpaired) electrons. The van der Waals surface area contributed by atoms with Gasteiger partial charge in [0.25, 0.3) is 0 Å². The van der Waals surface area contributed by atoms with Crippen molar-refractivity contribution in [2.24, 2.45) is 16.3 Å². The van der Waals surface area contributed by atoms with Crippen LogP contribution >= 0.6 is 0 Å². The Labute approximate surface area is 352 Å². The number of pyridine rings is 1. The zero-order chi connectivity index (χ0) is 40.0. The normalized spacial score (nSPS) is 22.5. The smallest absolute Gasteiger partial charge is 0.154 e. The first-order valence-electron chi connectivity index (χ1n) is 21.2. The fraction of sp³-hybridized carbons (Fsp3) is 0.143. The number of aromatic nitrogens is 1. The standard InChI is InChI=1S/C56H45N3O/c1-56(33-11-4-12-34-56)45-30-27-41(28-31-45)49-36-48(58-55(59-49)43-25-19-39(20-26-43)37-13-5-2-6-14-37)40-21-23-42(24-22-40)53-54-52(47-17-9-10-18-51(47)60-54)46-32-29-44(35-50(46)57-53)38-15-7-3-8-16-38/h2-17,19-27,29-33,35-36,41,51,55,59H,18,28,34H2,1H3. The summed E-state index contributed by atoms with van der Waals surface area (Å²) in [5.41, 5.74) is 15.7. The van der Waals surface area contributed by atoms with Gasteiger partial charge in [-0.05, 0) is 63.9 Å². The van der Waals surface area contributed by atoms with Gasteiger partial charge >= 0.3 is 0 Å². The second-order valence-corrected chi connectivity index (χ2v) is 16.7. The summed E-state index contributed by atoms with van der Waals surface area (Å²) in [5, 5.41) is 4.98. The van der Waals surface area contributed by atoms with E-state index in [-0.39, 0.29) is 23.6 Å². The molecule has 290 valence electrons. The number of benzene rings is 5. The lowest BCUT2D eigenvalue weighted by Gasteiger charge is -2.33. The van der Waals surface area contributed by atoms with Gasteiger partial charge in [-0.3, -0.25) is 4.99 Å². The van der Waals surface area contributed by atoms with Gasteiger partial charge in [-0.1, -0.05) is 189 Å². The van der Waals surface area contributed by atoms with E-state index in [9.17, 15) is 0 Å². The van der Waals surface area contributed by atoms with Crippen LogP contribution in [0.15, 0.2) is 210 Å². The minimum Gasteiger partial charge on any atom is -0.482 e. The molecule has 3 heterocycles. The van der Waals surface area contributed by atoms with Gasteiger partial charge in [-0.15, -0.1) is 0 Å². The van der Waals surface area contributed by atoms with E-state index < -0.39 is 0 Å². The Bertz CT molecular complexity index is 2890. The first-order chi connectivity index (χ1) is 29.6. The molecule has 4 nitrogen and oxygen atoms in total. The molecular formula is C56H45N3O. The van der Waals surface area contributed by atoms with E-state index in [1.807, 2.05) is 0 Å². The zero-order valence-electron chi connectivity index (χ0n) is 33.6. The van der Waals surface area contributed by atoms with E-state index in [0.717, 1.165) is 75.1 Å². The minimum atomic E-state index is -0.227. The lowest BCUT2D eigenvalue weighted by Crippen LogP contribution is -2.30. The van der Waals surface area contributed by atoms with Crippen LogP contribution in [0.4, 0.5) is 0 Å². The summed E-state index contributed by atoms with van der Waals surface area (Å²) in [6.07, 6.45) is 27.5. The number of hydrogen-bond donors (Lipinski definition) is 1. The van der Waals surface area contributed by atoms with E-state index in [4.69, 9.17) is 14.7 Å². The fourth-order valence-corrected chi connectivity index (χ4v) is 9.35. The Hall–Kier alpha value is -7.04. The zero-order valence-corrected chi connectivity index (χ0v) is 33.6. The molecule has 0 fully saturated rings. The van der Waals surface area contributed by atoms with Crippen LogP contribution in [0, 0.1) is 11.3 Å². The SMILES string of the molecule is CC1(C2=CCC(C3=CC(c4ccc(-c5nc6cc(-c7ccccc7)ccc6c6c5OC5CC=CC=C65)cc4)=NC(c4ccc(-c5ccccc5)cc4)N3)C=C2)C=CC=CC1. The highest BCUT2D eigenvalue weighted by atomic mass is 16.5. The highest BCUT2D eigenvalue weighted by Crippen LogP contribution is 2.49. The molecule has 11 rings (SSSR count). The summed E-state index contributed by atoms with van der Waals surface area (Å²) >= 11 is 0. The van der Waals surface area contributed by atoms with Crippen molar-refractivity contribution in [2.45, 2.75) is 38.5 Å². The fourth-order valence-electron chi connectivity index (χ4n) is 9.35. The van der Waals surface area contributed by atoms with Crippen LogP contribution in [0.5, 0.6) is 5.75 Å². The third-order valence-electron chi connectivity index (χ3n) is 12.8. The van der Waals surface area contributed by atoms with Crippen molar-refractivity contribution >= 4 is 22.2 Å². The van der Waals surface area contributed by atoms with Crippen molar-refractivity contribution in [1.82, 2.24) is 10.3 Å². The lowest BCUT2D eigenvalue weighted by molar-refractivity contribution is 0.279. The van der Waals surface area contributed by atoms with Gasteiger partial charge in [0.05, 0.1) is 11.2 Å². The highest BCUT2D eigenvalue weighted by molar-refractivity contribution is 6.10. The molecule has 0 saturated heterocycles. The molecule has 5 aromatic carbocycles. The molecule has 4 atom stereocenters. The monoisotopic (exact) mass is 775 g/mol. The number of rotatable bonds is 7. The molecule has 0 amide bonds. The number of aliphatic imine (C=N–C) groups is 1. The van der Waals surface area contributed by atoms with Crippen LogP contribution in [0.2, 0.25) is 0 Å². The number of fused-ring (bicyclic) bond motifs is 5. The lowest BCUT2D eigenvalue weighted by atomic mass is 9.74. The molecule has 2 aliphatic heterocycles. The molecule has 1 N–H and O–H groups in total. The Morgan fingerprint density at radius 1 is 0.700 bits per heavy atom. The van der Waals surface area contributed by atoms with Crippen molar-refractivity contribution in [3.8, 4) is 39.3 Å². The molecule has 6 aromatic rings. The van der Waals surface area contributed by atoms with Crippen LogP contribution in [0.3, 0.4) is 0 Å². The number of allylic oxidation sites excluding steroid dienone is 11. The third-order valence-corrected chi connectivity index (χ3v) is 12.8. The average Bonchev–Trinajstić information content (AvgIpc) is 3.72. The van der Waals surface area contributed by atoms with Gasteiger partial charge in [0.1, 0.15) is 18.0 Å².